The van der Waals surface area contributed by atoms with E-state index in [9.17, 15) is 9.59 Å². The quantitative estimate of drug-likeness (QED) is 0.751. The van der Waals surface area contributed by atoms with Gasteiger partial charge in [0.05, 0.1) is 12.2 Å². The Labute approximate surface area is 106 Å². The van der Waals surface area contributed by atoms with Gasteiger partial charge in [0.15, 0.2) is 0 Å². The number of carboxylic acid groups (broad SMARTS) is 1. The number of carboxylic acids is 1. The van der Waals surface area contributed by atoms with E-state index < -0.39 is 11.9 Å². The molecule has 100 valence electrons. The number of carbonyl (C=O) groups is 2. The van der Waals surface area contributed by atoms with Crippen molar-refractivity contribution in [2.45, 2.75) is 26.8 Å². The highest BCUT2D eigenvalue weighted by Crippen LogP contribution is 2.09. The Balaban J connectivity index is 2.29. The summed E-state index contributed by atoms with van der Waals surface area (Å²) < 4.78 is 1.80. The number of amides is 1. The molecule has 18 heavy (non-hydrogen) atoms. The van der Waals surface area contributed by atoms with Crippen LogP contribution in [0.4, 0.5) is 0 Å². The number of aliphatic carboxylic acids is 1. The number of hydrogen-bond donors (Lipinski definition) is 2. The summed E-state index contributed by atoms with van der Waals surface area (Å²) in [6.45, 7) is 4.38. The second-order valence-electron chi connectivity index (χ2n) is 4.54. The van der Waals surface area contributed by atoms with Crippen molar-refractivity contribution in [2.24, 2.45) is 11.8 Å². The monoisotopic (exact) mass is 253 g/mol. The number of aryl methyl sites for hydroxylation is 1. The first-order chi connectivity index (χ1) is 8.50. The second kappa shape index (κ2) is 6.78. The second-order valence-corrected chi connectivity index (χ2v) is 4.54. The zero-order valence-electron chi connectivity index (χ0n) is 10.7. The molecule has 6 nitrogen and oxygen atoms in total. The molecule has 0 spiro atoms. The molecule has 0 aliphatic rings. The fraction of sp³-hybridized carbons (Fsp3) is 0.583. The van der Waals surface area contributed by atoms with Crippen LogP contribution in [0.2, 0.25) is 0 Å². The number of nitrogens with one attached hydrogen (secondary N) is 1. The van der Waals surface area contributed by atoms with Gasteiger partial charge < -0.3 is 15.0 Å². The zero-order chi connectivity index (χ0) is 13.5. The molecule has 0 fully saturated rings. The Bertz CT molecular complexity index is 387. The average Bonchev–Trinajstić information content (AvgIpc) is 2.78. The van der Waals surface area contributed by atoms with Crippen LogP contribution in [0.15, 0.2) is 18.7 Å². The highest BCUT2D eigenvalue weighted by Gasteiger charge is 2.21. The predicted molar refractivity (Wildman–Crippen MR) is 65.8 cm³/mol. The van der Waals surface area contributed by atoms with Gasteiger partial charge in [0, 0.05) is 31.9 Å². The molecule has 1 heterocycles. The number of imidazole rings is 1. The van der Waals surface area contributed by atoms with E-state index in [1.54, 1.807) is 23.3 Å². The van der Waals surface area contributed by atoms with Crippen LogP contribution < -0.4 is 5.32 Å². The van der Waals surface area contributed by atoms with Gasteiger partial charge in [-0.1, -0.05) is 13.8 Å². The van der Waals surface area contributed by atoms with Crippen molar-refractivity contribution in [3.8, 4) is 0 Å². The van der Waals surface area contributed by atoms with Gasteiger partial charge in [-0.25, -0.2) is 4.98 Å². The van der Waals surface area contributed by atoms with Gasteiger partial charge in [-0.05, 0) is 5.92 Å². The number of nitrogens with zero attached hydrogens (tertiary/aromatic N) is 2. The van der Waals surface area contributed by atoms with Crippen molar-refractivity contribution in [2.75, 3.05) is 6.54 Å². The zero-order valence-corrected chi connectivity index (χ0v) is 10.7. The highest BCUT2D eigenvalue weighted by molar-refractivity contribution is 5.77. The molecule has 0 aromatic carbocycles. The summed E-state index contributed by atoms with van der Waals surface area (Å²) in [6, 6.07) is 0. The van der Waals surface area contributed by atoms with Crippen molar-refractivity contribution >= 4 is 11.9 Å². The highest BCUT2D eigenvalue weighted by atomic mass is 16.4. The van der Waals surface area contributed by atoms with Gasteiger partial charge in [-0.15, -0.1) is 0 Å². The maximum absolute atomic E-state index is 11.6. The van der Waals surface area contributed by atoms with E-state index in [-0.39, 0.29) is 18.4 Å². The lowest BCUT2D eigenvalue weighted by Crippen LogP contribution is -2.35. The third-order valence-electron chi connectivity index (χ3n) is 2.80. The van der Waals surface area contributed by atoms with Crippen LogP contribution in [-0.2, 0) is 16.1 Å². The van der Waals surface area contributed by atoms with Crippen LogP contribution in [0.25, 0.3) is 0 Å². The minimum atomic E-state index is -0.875. The van der Waals surface area contributed by atoms with E-state index in [1.807, 2.05) is 13.8 Å². The molecule has 1 aromatic rings. The summed E-state index contributed by atoms with van der Waals surface area (Å²) in [5.41, 5.74) is 0. The minimum absolute atomic E-state index is 0.00329. The van der Waals surface area contributed by atoms with Gasteiger partial charge in [0.2, 0.25) is 5.91 Å². The summed E-state index contributed by atoms with van der Waals surface area (Å²) in [7, 11) is 0. The SMILES string of the molecule is CC(C)C(CNC(=O)CCn1ccnc1)C(=O)O. The normalized spacial score (nSPS) is 12.4. The number of hydrogen-bond acceptors (Lipinski definition) is 3. The van der Waals surface area contributed by atoms with Crippen molar-refractivity contribution in [1.29, 1.82) is 0 Å². The lowest BCUT2D eigenvalue weighted by Gasteiger charge is -2.16. The number of rotatable bonds is 7. The molecule has 1 aromatic heterocycles. The summed E-state index contributed by atoms with van der Waals surface area (Å²) >= 11 is 0. The van der Waals surface area contributed by atoms with Gasteiger partial charge in [0.1, 0.15) is 0 Å². The van der Waals surface area contributed by atoms with Crippen LogP contribution in [0.5, 0.6) is 0 Å². The maximum atomic E-state index is 11.6. The summed E-state index contributed by atoms with van der Waals surface area (Å²) in [5, 5.41) is 11.6. The third kappa shape index (κ3) is 4.57. The van der Waals surface area contributed by atoms with Crippen molar-refractivity contribution in [1.82, 2.24) is 14.9 Å². The molecule has 0 aliphatic heterocycles. The Morgan fingerprint density at radius 2 is 2.17 bits per heavy atom. The lowest BCUT2D eigenvalue weighted by molar-refractivity contribution is -0.143. The Morgan fingerprint density at radius 1 is 1.44 bits per heavy atom. The van der Waals surface area contributed by atoms with Crippen molar-refractivity contribution < 1.29 is 14.7 Å². The topological polar surface area (TPSA) is 84.2 Å². The van der Waals surface area contributed by atoms with Crippen LogP contribution in [0.3, 0.4) is 0 Å². The Kier molecular flexibility index (Phi) is 5.35. The van der Waals surface area contributed by atoms with E-state index in [1.165, 1.54) is 0 Å². The molecule has 1 amide bonds. The molecule has 1 unspecified atom stereocenters. The fourth-order valence-corrected chi connectivity index (χ4v) is 1.57. The lowest BCUT2D eigenvalue weighted by atomic mass is 9.96. The molecular weight excluding hydrogens is 234 g/mol. The number of carbonyl (C=O) groups excluding carboxylic acids is 1. The van der Waals surface area contributed by atoms with Crippen molar-refractivity contribution in [3.63, 3.8) is 0 Å². The van der Waals surface area contributed by atoms with E-state index >= 15 is 0 Å². The van der Waals surface area contributed by atoms with Gasteiger partial charge >= 0.3 is 5.97 Å². The fourth-order valence-electron chi connectivity index (χ4n) is 1.57. The predicted octanol–water partition coefficient (Wildman–Crippen LogP) is 0.746. The molecule has 1 atom stereocenters. The maximum Gasteiger partial charge on any atom is 0.308 e. The Hall–Kier alpha value is -1.85. The Morgan fingerprint density at radius 3 is 2.67 bits per heavy atom. The summed E-state index contributed by atoms with van der Waals surface area (Å²) in [6.07, 6.45) is 5.39. The molecule has 0 saturated heterocycles. The van der Waals surface area contributed by atoms with E-state index in [0.29, 0.717) is 13.0 Å². The molecule has 6 heteroatoms. The molecule has 2 N–H and O–H groups in total. The largest absolute Gasteiger partial charge is 0.481 e. The van der Waals surface area contributed by atoms with Crippen LogP contribution in [0.1, 0.15) is 20.3 Å². The van der Waals surface area contributed by atoms with E-state index in [2.05, 4.69) is 10.3 Å². The first-order valence-corrected chi connectivity index (χ1v) is 5.96. The first-order valence-electron chi connectivity index (χ1n) is 5.96. The minimum Gasteiger partial charge on any atom is -0.481 e. The van der Waals surface area contributed by atoms with Gasteiger partial charge in [-0.3, -0.25) is 9.59 Å². The molecule has 1 rings (SSSR count). The summed E-state index contributed by atoms with van der Waals surface area (Å²) in [4.78, 5) is 26.4. The first kappa shape index (κ1) is 14.2. The van der Waals surface area contributed by atoms with Crippen LogP contribution in [0, 0.1) is 11.8 Å². The van der Waals surface area contributed by atoms with Gasteiger partial charge in [-0.2, -0.15) is 0 Å². The number of aromatic nitrogens is 2. The molecule has 0 bridgehead atoms. The molecule has 0 radical (unpaired) electrons. The van der Waals surface area contributed by atoms with E-state index in [0.717, 1.165) is 0 Å². The van der Waals surface area contributed by atoms with E-state index in [4.69, 9.17) is 5.11 Å². The van der Waals surface area contributed by atoms with Crippen molar-refractivity contribution in [3.05, 3.63) is 18.7 Å². The van der Waals surface area contributed by atoms with Gasteiger partial charge in [0.25, 0.3) is 0 Å². The molecule has 0 aliphatic carbocycles. The summed E-state index contributed by atoms with van der Waals surface area (Å²) in [5.74, 6) is -1.56. The smallest absolute Gasteiger partial charge is 0.308 e. The standard InChI is InChI=1S/C12H19N3O3/c1-9(2)10(12(17)18)7-14-11(16)3-5-15-6-4-13-8-15/h4,6,8-10H,3,5,7H2,1-2H3,(H,14,16)(H,17,18). The molecule has 0 saturated carbocycles. The van der Waals surface area contributed by atoms with Crippen LogP contribution >= 0.6 is 0 Å². The third-order valence-corrected chi connectivity index (χ3v) is 2.80. The average molecular weight is 253 g/mol. The molecular formula is C12H19N3O3. The van der Waals surface area contributed by atoms with Crippen LogP contribution in [-0.4, -0.2) is 33.1 Å².